The van der Waals surface area contributed by atoms with Gasteiger partial charge in [-0.25, -0.2) is 0 Å². The van der Waals surface area contributed by atoms with Crippen molar-refractivity contribution in [1.82, 2.24) is 10.6 Å². The number of ether oxygens (including phenoxy) is 3. The first-order valence-corrected chi connectivity index (χ1v) is 22.2. The summed E-state index contributed by atoms with van der Waals surface area (Å²) in [5.41, 5.74) is 0. The molecule has 11 heteroatoms. The first-order valence-electron chi connectivity index (χ1n) is 22.2. The lowest BCUT2D eigenvalue weighted by molar-refractivity contribution is -0.305. The van der Waals surface area contributed by atoms with Crippen molar-refractivity contribution in [2.75, 3.05) is 33.0 Å². The fourth-order valence-corrected chi connectivity index (χ4v) is 8.47. The number of hydrogen-bond acceptors (Lipinski definition) is 11. The predicted molar refractivity (Wildman–Crippen MR) is 209 cm³/mol. The summed E-state index contributed by atoms with van der Waals surface area (Å²) in [5.74, 6) is 0.316. The summed E-state index contributed by atoms with van der Waals surface area (Å²) >= 11 is 0. The normalized spacial score (nSPS) is 28.7. The first kappa shape index (κ1) is 46.9. The second-order valence-electron chi connectivity index (χ2n) is 16.6. The van der Waals surface area contributed by atoms with Crippen molar-refractivity contribution in [2.45, 2.75) is 223 Å². The summed E-state index contributed by atoms with van der Waals surface area (Å²) in [6.45, 7) is 4.28. The van der Waals surface area contributed by atoms with Crippen LogP contribution in [0.15, 0.2) is 0 Å². The molecule has 0 aliphatic carbocycles. The fourth-order valence-electron chi connectivity index (χ4n) is 8.47. The Morgan fingerprint density at radius 1 is 0.679 bits per heavy atom. The number of unbranched alkanes of at least 4 members (excludes halogenated alkanes) is 18. The largest absolute Gasteiger partial charge is 0.394 e. The van der Waals surface area contributed by atoms with Crippen molar-refractivity contribution in [3.8, 4) is 0 Å². The van der Waals surface area contributed by atoms with Gasteiger partial charge in [0.1, 0.15) is 24.4 Å². The highest BCUT2D eigenvalue weighted by molar-refractivity contribution is 4.93. The Bertz CT molecular complexity index is 866. The number of hydrogen-bond donors (Lipinski definition) is 8. The fraction of sp³-hybridized carbons (Fsp3) is 1.00. The molecular formula is C42H82N2O9. The minimum Gasteiger partial charge on any atom is -0.394 e. The smallest absolute Gasteiger partial charge is 0.186 e. The average molecular weight is 759 g/mol. The Hall–Kier alpha value is -0.440. The van der Waals surface area contributed by atoms with E-state index >= 15 is 0 Å². The number of aliphatic hydroxyl groups is 6. The Labute approximate surface area is 322 Å². The van der Waals surface area contributed by atoms with Gasteiger partial charge >= 0.3 is 0 Å². The molecule has 0 aromatic rings. The molecule has 0 aromatic carbocycles. The Balaban J connectivity index is 1.36. The van der Waals surface area contributed by atoms with E-state index < -0.39 is 55.4 Å². The van der Waals surface area contributed by atoms with E-state index in [9.17, 15) is 30.6 Å². The molecule has 0 amide bonds. The molecule has 0 spiro atoms. The third-order valence-electron chi connectivity index (χ3n) is 12.2. The van der Waals surface area contributed by atoms with Crippen LogP contribution in [0.25, 0.3) is 0 Å². The van der Waals surface area contributed by atoms with Gasteiger partial charge in [0.25, 0.3) is 0 Å². The van der Waals surface area contributed by atoms with Crippen LogP contribution in [0.2, 0.25) is 0 Å². The molecule has 3 saturated heterocycles. The highest BCUT2D eigenvalue weighted by atomic mass is 16.7. The van der Waals surface area contributed by atoms with E-state index in [1.54, 1.807) is 0 Å². The molecule has 53 heavy (non-hydrogen) atoms. The van der Waals surface area contributed by atoms with Gasteiger partial charge in [-0.2, -0.15) is 0 Å². The monoisotopic (exact) mass is 759 g/mol. The van der Waals surface area contributed by atoms with Gasteiger partial charge in [-0.1, -0.05) is 142 Å². The van der Waals surface area contributed by atoms with Crippen molar-refractivity contribution in [1.29, 1.82) is 0 Å². The van der Waals surface area contributed by atoms with E-state index in [2.05, 4.69) is 17.6 Å². The summed E-state index contributed by atoms with van der Waals surface area (Å²) in [5, 5.41) is 70.3. The molecule has 314 valence electrons. The summed E-state index contributed by atoms with van der Waals surface area (Å²) < 4.78 is 17.0. The minimum absolute atomic E-state index is 0.0637. The van der Waals surface area contributed by atoms with Crippen LogP contribution in [-0.2, 0) is 14.2 Å². The van der Waals surface area contributed by atoms with Gasteiger partial charge < -0.3 is 44.8 Å². The Kier molecular flexibility index (Phi) is 25.6. The van der Waals surface area contributed by atoms with Crippen LogP contribution < -0.4 is 10.6 Å². The molecule has 0 bridgehead atoms. The van der Waals surface area contributed by atoms with Gasteiger partial charge in [0, 0.05) is 31.7 Å². The lowest BCUT2D eigenvalue weighted by Gasteiger charge is -2.40. The minimum atomic E-state index is -1.54. The zero-order valence-electron chi connectivity index (χ0n) is 33.5. The van der Waals surface area contributed by atoms with Gasteiger partial charge in [0.15, 0.2) is 6.29 Å². The second kappa shape index (κ2) is 28.9. The Morgan fingerprint density at radius 2 is 1.23 bits per heavy atom. The molecule has 3 heterocycles. The summed E-state index contributed by atoms with van der Waals surface area (Å²) in [6.07, 6.45) is 21.1. The first-order chi connectivity index (χ1) is 25.8. The van der Waals surface area contributed by atoms with Crippen LogP contribution >= 0.6 is 0 Å². The summed E-state index contributed by atoms with van der Waals surface area (Å²) in [6, 6.07) is 0.237. The quantitative estimate of drug-likeness (QED) is 0.0423. The van der Waals surface area contributed by atoms with E-state index in [0.29, 0.717) is 6.42 Å². The molecule has 0 aromatic heterocycles. The summed E-state index contributed by atoms with van der Waals surface area (Å²) in [4.78, 5) is 0. The lowest BCUT2D eigenvalue weighted by Crippen LogP contribution is -2.60. The predicted octanol–water partition coefficient (Wildman–Crippen LogP) is 5.45. The molecule has 0 saturated carbocycles. The molecule has 10 atom stereocenters. The maximum absolute atomic E-state index is 11.5. The van der Waals surface area contributed by atoms with Crippen molar-refractivity contribution >= 4 is 0 Å². The topological polar surface area (TPSA) is 173 Å². The van der Waals surface area contributed by atoms with Gasteiger partial charge in [-0.05, 0) is 31.6 Å². The average Bonchev–Trinajstić information content (AvgIpc) is 3.64. The van der Waals surface area contributed by atoms with Crippen LogP contribution in [0.1, 0.15) is 167 Å². The van der Waals surface area contributed by atoms with E-state index in [1.807, 2.05) is 0 Å². The molecular weight excluding hydrogens is 676 g/mol. The third-order valence-corrected chi connectivity index (χ3v) is 12.2. The van der Waals surface area contributed by atoms with Crippen molar-refractivity contribution < 1.29 is 44.8 Å². The summed E-state index contributed by atoms with van der Waals surface area (Å²) in [7, 11) is 0. The van der Waals surface area contributed by atoms with Crippen LogP contribution in [-0.4, -0.2) is 119 Å². The lowest BCUT2D eigenvalue weighted by atomic mass is 9.92. The van der Waals surface area contributed by atoms with Crippen LogP contribution in [0, 0.1) is 11.8 Å². The highest BCUT2D eigenvalue weighted by Gasteiger charge is 2.45. The van der Waals surface area contributed by atoms with E-state index in [0.717, 1.165) is 57.8 Å². The van der Waals surface area contributed by atoms with Gasteiger partial charge in [-0.3, -0.25) is 10.6 Å². The molecule has 8 N–H and O–H groups in total. The zero-order valence-corrected chi connectivity index (χ0v) is 33.5. The zero-order chi connectivity index (χ0) is 38.1. The number of aliphatic hydroxyl groups excluding tert-OH is 6. The number of rotatable bonds is 31. The molecule has 3 rings (SSSR count). The molecule has 11 nitrogen and oxygen atoms in total. The highest BCUT2D eigenvalue weighted by Crippen LogP contribution is 2.26. The van der Waals surface area contributed by atoms with Crippen LogP contribution in [0.5, 0.6) is 0 Å². The van der Waals surface area contributed by atoms with Crippen LogP contribution in [0.4, 0.5) is 0 Å². The van der Waals surface area contributed by atoms with Gasteiger partial charge in [0.2, 0.25) is 0 Å². The van der Waals surface area contributed by atoms with Crippen LogP contribution in [0.3, 0.4) is 0 Å². The van der Waals surface area contributed by atoms with E-state index in [4.69, 9.17) is 14.2 Å². The second-order valence-corrected chi connectivity index (χ2v) is 16.6. The molecule has 3 aliphatic heterocycles. The van der Waals surface area contributed by atoms with Crippen molar-refractivity contribution in [3.05, 3.63) is 0 Å². The molecule has 7 unspecified atom stereocenters. The maximum Gasteiger partial charge on any atom is 0.186 e. The van der Waals surface area contributed by atoms with Crippen molar-refractivity contribution in [3.63, 3.8) is 0 Å². The van der Waals surface area contributed by atoms with Gasteiger partial charge in [0.05, 0.1) is 31.6 Å². The number of nitrogens with one attached hydrogen (secondary N) is 2. The van der Waals surface area contributed by atoms with E-state index in [1.165, 1.54) is 122 Å². The molecule has 0 radical (unpaired) electrons. The Morgan fingerprint density at radius 3 is 1.81 bits per heavy atom. The SMILES string of the molecule is CCCCCCCCCCCCCC[C@@H](O)[C@@H](O)[C@H](COC1OC(CO)C(O)C(O)C1O)C1NCC(CCCCCCCCCCC2CCOCC2)N1. The molecule has 3 aliphatic rings. The molecule has 3 fully saturated rings. The van der Waals surface area contributed by atoms with E-state index in [-0.39, 0.29) is 18.8 Å². The van der Waals surface area contributed by atoms with Gasteiger partial charge in [-0.15, -0.1) is 0 Å². The standard InChI is InChI=1S/C42H82N2O9/c1-2-3-4-5-6-7-8-9-10-15-18-21-24-35(46)37(47)34(31-52-42-40(50)39(49)38(48)36(30-45)53-42)41-43-29-33(44-41)23-20-17-14-12-11-13-16-19-22-32-25-27-51-28-26-32/h32-50H,2-31H2,1H3/t33?,34-,35+,36?,37-,38?,39?,40?,41?,42?/m0/s1. The van der Waals surface area contributed by atoms with Crippen molar-refractivity contribution in [2.24, 2.45) is 11.8 Å². The maximum atomic E-state index is 11.5. The third kappa shape index (κ3) is 18.6.